The second-order valence-corrected chi connectivity index (χ2v) is 6.22. The predicted molar refractivity (Wildman–Crippen MR) is 72.3 cm³/mol. The third-order valence-electron chi connectivity index (χ3n) is 2.04. The summed E-state index contributed by atoms with van der Waals surface area (Å²) in [5, 5.41) is 3.44. The molecule has 0 saturated heterocycles. The number of aromatic nitrogens is 2. The van der Waals surface area contributed by atoms with Gasteiger partial charge in [0.05, 0.1) is 0 Å². The minimum absolute atomic E-state index is 0.739. The van der Waals surface area contributed by atoms with Crippen molar-refractivity contribution in [3.8, 4) is 0 Å². The molecule has 1 aromatic rings. The van der Waals surface area contributed by atoms with Crippen LogP contribution in [0.2, 0.25) is 0 Å². The van der Waals surface area contributed by atoms with E-state index in [9.17, 15) is 0 Å². The van der Waals surface area contributed by atoms with Gasteiger partial charge in [-0.15, -0.1) is 0 Å². The monoisotopic (exact) mass is 259 g/mol. The zero-order valence-electron chi connectivity index (χ0n) is 10.3. The van der Waals surface area contributed by atoms with Crippen LogP contribution in [0.25, 0.3) is 0 Å². The molecule has 0 radical (unpaired) electrons. The molecule has 0 aliphatic heterocycles. The van der Waals surface area contributed by atoms with Crippen molar-refractivity contribution in [3.63, 3.8) is 0 Å². The van der Waals surface area contributed by atoms with Crippen LogP contribution in [0.3, 0.4) is 0 Å². The molecule has 92 valence electrons. The molecule has 0 aliphatic carbocycles. The van der Waals surface area contributed by atoms with Gasteiger partial charge in [-0.05, 0) is 37.0 Å². The summed E-state index contributed by atoms with van der Waals surface area (Å²) in [5.74, 6) is 2.84. The van der Waals surface area contributed by atoms with Crippen molar-refractivity contribution in [2.45, 2.75) is 38.0 Å². The zero-order valence-corrected chi connectivity index (χ0v) is 12.0. The van der Waals surface area contributed by atoms with Crippen LogP contribution in [0.15, 0.2) is 4.34 Å². The van der Waals surface area contributed by atoms with Gasteiger partial charge in [-0.3, -0.25) is 0 Å². The van der Waals surface area contributed by atoms with Gasteiger partial charge in [0.25, 0.3) is 0 Å². The quantitative estimate of drug-likeness (QED) is 0.575. The van der Waals surface area contributed by atoms with E-state index in [4.69, 9.17) is 0 Å². The summed E-state index contributed by atoms with van der Waals surface area (Å²) < 4.78 is 5.38. The summed E-state index contributed by atoms with van der Waals surface area (Å²) in [6.45, 7) is 8.77. The zero-order chi connectivity index (χ0) is 11.8. The van der Waals surface area contributed by atoms with Crippen LogP contribution in [-0.4, -0.2) is 28.2 Å². The van der Waals surface area contributed by atoms with Crippen LogP contribution < -0.4 is 5.32 Å². The highest BCUT2D eigenvalue weighted by Gasteiger charge is 2.02. The molecule has 5 heteroatoms. The van der Waals surface area contributed by atoms with Crippen molar-refractivity contribution in [2.24, 2.45) is 5.92 Å². The molecule has 1 N–H and O–H groups in total. The Balaban J connectivity index is 2.02. The van der Waals surface area contributed by atoms with E-state index in [-0.39, 0.29) is 0 Å². The summed E-state index contributed by atoms with van der Waals surface area (Å²) in [6.07, 6.45) is 2.13. The lowest BCUT2D eigenvalue weighted by Gasteiger charge is -2.05. The first-order valence-electron chi connectivity index (χ1n) is 5.88. The Kier molecular flexibility index (Phi) is 7.00. The summed E-state index contributed by atoms with van der Waals surface area (Å²) in [4.78, 5) is 4.42. The van der Waals surface area contributed by atoms with Gasteiger partial charge >= 0.3 is 0 Å². The number of hydrogen-bond acceptors (Lipinski definition) is 5. The summed E-state index contributed by atoms with van der Waals surface area (Å²) in [6, 6.07) is 0. The maximum Gasteiger partial charge on any atom is 0.170 e. The fraction of sp³-hybridized carbons (Fsp3) is 0.818. The lowest BCUT2D eigenvalue weighted by Crippen LogP contribution is -2.21. The number of aryl methyl sites for hydroxylation is 1. The van der Waals surface area contributed by atoms with Crippen LogP contribution in [-0.2, 0) is 6.42 Å². The number of nitrogens with zero attached hydrogens (tertiary/aromatic N) is 2. The standard InChI is InChI=1S/C11H21N3S2/c1-4-10-13-11(16-14-10)15-7-5-6-12-8-9(2)3/h9,12H,4-8H2,1-3H3. The van der Waals surface area contributed by atoms with Crippen molar-refractivity contribution >= 4 is 23.3 Å². The van der Waals surface area contributed by atoms with E-state index in [0.717, 1.165) is 41.3 Å². The van der Waals surface area contributed by atoms with Gasteiger partial charge in [-0.2, -0.15) is 4.37 Å². The molecule has 0 saturated carbocycles. The summed E-state index contributed by atoms with van der Waals surface area (Å²) in [7, 11) is 0. The van der Waals surface area contributed by atoms with Crippen LogP contribution in [0.5, 0.6) is 0 Å². The van der Waals surface area contributed by atoms with Crippen molar-refractivity contribution in [3.05, 3.63) is 5.82 Å². The molecule has 0 fully saturated rings. The molecule has 1 aromatic heterocycles. The van der Waals surface area contributed by atoms with Gasteiger partial charge in [0.2, 0.25) is 0 Å². The Morgan fingerprint density at radius 2 is 2.25 bits per heavy atom. The predicted octanol–water partition coefficient (Wildman–Crippen LogP) is 2.83. The van der Waals surface area contributed by atoms with Crippen LogP contribution >= 0.6 is 23.3 Å². The normalized spacial score (nSPS) is 11.2. The topological polar surface area (TPSA) is 37.8 Å². The third kappa shape index (κ3) is 5.82. The minimum Gasteiger partial charge on any atom is -0.316 e. The molecule has 0 amide bonds. The van der Waals surface area contributed by atoms with E-state index >= 15 is 0 Å². The average molecular weight is 259 g/mol. The smallest absolute Gasteiger partial charge is 0.170 e. The number of hydrogen-bond donors (Lipinski definition) is 1. The second-order valence-electron chi connectivity index (χ2n) is 4.13. The van der Waals surface area contributed by atoms with E-state index < -0.39 is 0 Å². The molecule has 0 atom stereocenters. The van der Waals surface area contributed by atoms with Crippen molar-refractivity contribution in [2.75, 3.05) is 18.8 Å². The Labute approximate surface area is 107 Å². The van der Waals surface area contributed by atoms with Gasteiger partial charge < -0.3 is 5.32 Å². The maximum absolute atomic E-state index is 4.42. The first-order valence-corrected chi connectivity index (χ1v) is 7.64. The van der Waals surface area contributed by atoms with Crippen LogP contribution in [0.4, 0.5) is 0 Å². The van der Waals surface area contributed by atoms with Gasteiger partial charge in [-0.25, -0.2) is 4.98 Å². The van der Waals surface area contributed by atoms with Gasteiger partial charge in [0.1, 0.15) is 5.82 Å². The van der Waals surface area contributed by atoms with E-state index in [1.807, 2.05) is 11.8 Å². The summed E-state index contributed by atoms with van der Waals surface area (Å²) >= 11 is 3.34. The molecule has 0 aromatic carbocycles. The Morgan fingerprint density at radius 3 is 2.88 bits per heavy atom. The lowest BCUT2D eigenvalue weighted by atomic mass is 10.2. The van der Waals surface area contributed by atoms with Crippen molar-refractivity contribution < 1.29 is 0 Å². The Bertz CT molecular complexity index is 287. The maximum atomic E-state index is 4.42. The van der Waals surface area contributed by atoms with Gasteiger partial charge in [0, 0.05) is 12.2 Å². The Morgan fingerprint density at radius 1 is 1.44 bits per heavy atom. The van der Waals surface area contributed by atoms with Gasteiger partial charge in [-0.1, -0.05) is 32.5 Å². The fourth-order valence-corrected chi connectivity index (χ4v) is 2.89. The molecule has 16 heavy (non-hydrogen) atoms. The Hall–Kier alpha value is -0.130. The highest BCUT2D eigenvalue weighted by Crippen LogP contribution is 2.20. The highest BCUT2D eigenvalue weighted by atomic mass is 32.2. The minimum atomic E-state index is 0.739. The molecular weight excluding hydrogens is 238 g/mol. The largest absolute Gasteiger partial charge is 0.316 e. The fourth-order valence-electron chi connectivity index (χ4n) is 1.19. The number of thioether (sulfide) groups is 1. The molecule has 1 rings (SSSR count). The molecular formula is C11H21N3S2. The molecule has 0 unspecified atom stereocenters. The van der Waals surface area contributed by atoms with E-state index in [1.165, 1.54) is 18.0 Å². The molecule has 0 bridgehead atoms. The van der Waals surface area contributed by atoms with E-state index in [0.29, 0.717) is 0 Å². The van der Waals surface area contributed by atoms with E-state index in [1.54, 1.807) is 0 Å². The molecule has 0 aliphatic rings. The molecule has 1 heterocycles. The number of nitrogens with one attached hydrogen (secondary N) is 1. The molecule has 0 spiro atoms. The van der Waals surface area contributed by atoms with E-state index in [2.05, 4.69) is 35.4 Å². The van der Waals surface area contributed by atoms with Crippen molar-refractivity contribution in [1.82, 2.24) is 14.7 Å². The second kappa shape index (κ2) is 8.03. The van der Waals surface area contributed by atoms with Crippen LogP contribution in [0.1, 0.15) is 33.0 Å². The SMILES string of the molecule is CCc1nsc(SCCCNCC(C)C)n1. The van der Waals surface area contributed by atoms with Crippen LogP contribution in [0, 0.1) is 5.92 Å². The lowest BCUT2D eigenvalue weighted by molar-refractivity contribution is 0.552. The average Bonchev–Trinajstić information content (AvgIpc) is 2.70. The van der Waals surface area contributed by atoms with Crippen molar-refractivity contribution in [1.29, 1.82) is 0 Å². The third-order valence-corrected chi connectivity index (χ3v) is 4.00. The number of rotatable bonds is 8. The van der Waals surface area contributed by atoms with Gasteiger partial charge in [0.15, 0.2) is 4.34 Å². The first-order chi connectivity index (χ1) is 7.72. The highest BCUT2D eigenvalue weighted by molar-refractivity contribution is 8.00. The summed E-state index contributed by atoms with van der Waals surface area (Å²) in [5.41, 5.74) is 0. The molecule has 3 nitrogen and oxygen atoms in total. The first kappa shape index (κ1) is 13.9.